The number of para-hydroxylation sites is 1. The van der Waals surface area contributed by atoms with Gasteiger partial charge in [0.25, 0.3) is 15.9 Å². The zero-order valence-electron chi connectivity index (χ0n) is 16.2. The van der Waals surface area contributed by atoms with Crippen molar-refractivity contribution in [3.05, 3.63) is 95.6 Å². The summed E-state index contributed by atoms with van der Waals surface area (Å²) in [7, 11) is -1.28. The average molecular weight is 410 g/mol. The van der Waals surface area contributed by atoms with E-state index in [4.69, 9.17) is 4.84 Å². The third-order valence-corrected chi connectivity index (χ3v) is 6.17. The van der Waals surface area contributed by atoms with E-state index in [1.165, 1.54) is 32.4 Å². The van der Waals surface area contributed by atoms with Gasteiger partial charge < -0.3 is 5.32 Å². The zero-order valence-corrected chi connectivity index (χ0v) is 17.0. The van der Waals surface area contributed by atoms with Crippen molar-refractivity contribution in [2.45, 2.75) is 11.3 Å². The first kappa shape index (κ1) is 20.7. The smallest absolute Gasteiger partial charge is 0.264 e. The van der Waals surface area contributed by atoms with E-state index in [0.29, 0.717) is 12.1 Å². The number of benzene rings is 3. The fraction of sp³-hybridized carbons (Fsp3) is 0.136. The Hall–Kier alpha value is -3.00. The molecule has 0 aliphatic rings. The van der Waals surface area contributed by atoms with Crippen molar-refractivity contribution in [2.24, 2.45) is 0 Å². The number of carbonyl (C=O) groups is 1. The Kier molecular flexibility index (Phi) is 6.43. The largest absolute Gasteiger partial charge is 0.322 e. The zero-order chi connectivity index (χ0) is 20.9. The predicted octanol–water partition coefficient (Wildman–Crippen LogP) is 3.71. The Balaban J connectivity index is 1.84. The van der Waals surface area contributed by atoms with E-state index < -0.39 is 10.0 Å². The summed E-state index contributed by atoms with van der Waals surface area (Å²) < 4.78 is 25.6. The monoisotopic (exact) mass is 410 g/mol. The van der Waals surface area contributed by atoms with Crippen LogP contribution in [0.5, 0.6) is 0 Å². The van der Waals surface area contributed by atoms with Gasteiger partial charge in [-0.2, -0.15) is 0 Å². The molecule has 3 aromatic carbocycles. The van der Waals surface area contributed by atoms with Crippen LogP contribution in [0, 0.1) is 0 Å². The second kappa shape index (κ2) is 9.00. The van der Waals surface area contributed by atoms with Crippen LogP contribution in [-0.4, -0.2) is 33.0 Å². The first-order valence-corrected chi connectivity index (χ1v) is 10.4. The SMILES string of the molecule is CON(C)S(=O)(=O)c1cccc(C(=O)Nc2ccccc2Cc2ccccc2)c1. The van der Waals surface area contributed by atoms with Crippen molar-refractivity contribution < 1.29 is 18.0 Å². The molecule has 0 atom stereocenters. The van der Waals surface area contributed by atoms with Gasteiger partial charge in [0, 0.05) is 18.3 Å². The van der Waals surface area contributed by atoms with E-state index in [1.807, 2.05) is 54.6 Å². The molecule has 29 heavy (non-hydrogen) atoms. The summed E-state index contributed by atoms with van der Waals surface area (Å²) >= 11 is 0. The highest BCUT2D eigenvalue weighted by atomic mass is 32.2. The molecule has 3 aromatic rings. The molecule has 0 aliphatic heterocycles. The lowest BCUT2D eigenvalue weighted by Crippen LogP contribution is -2.26. The van der Waals surface area contributed by atoms with Crippen molar-refractivity contribution in [3.8, 4) is 0 Å². The van der Waals surface area contributed by atoms with E-state index in [0.717, 1.165) is 15.6 Å². The number of hydrogen-bond acceptors (Lipinski definition) is 4. The van der Waals surface area contributed by atoms with E-state index in [2.05, 4.69) is 5.32 Å². The molecule has 0 aliphatic carbocycles. The van der Waals surface area contributed by atoms with Gasteiger partial charge in [-0.1, -0.05) is 59.1 Å². The minimum atomic E-state index is -3.84. The van der Waals surface area contributed by atoms with Crippen LogP contribution >= 0.6 is 0 Å². The number of nitrogens with zero attached hydrogens (tertiary/aromatic N) is 1. The quantitative estimate of drug-likeness (QED) is 0.603. The Morgan fingerprint density at radius 1 is 0.966 bits per heavy atom. The van der Waals surface area contributed by atoms with Crippen LogP contribution in [-0.2, 0) is 21.3 Å². The van der Waals surface area contributed by atoms with Crippen LogP contribution < -0.4 is 5.32 Å². The maximum Gasteiger partial charge on any atom is 0.264 e. The summed E-state index contributed by atoms with van der Waals surface area (Å²) in [5, 5.41) is 2.89. The minimum absolute atomic E-state index is 0.0212. The molecule has 0 saturated carbocycles. The minimum Gasteiger partial charge on any atom is -0.322 e. The summed E-state index contributed by atoms with van der Waals surface area (Å²) in [6.45, 7) is 0. The fourth-order valence-electron chi connectivity index (χ4n) is 2.85. The van der Waals surface area contributed by atoms with Gasteiger partial charge in [-0.05, 0) is 41.8 Å². The van der Waals surface area contributed by atoms with Gasteiger partial charge >= 0.3 is 0 Å². The number of amides is 1. The number of hydroxylamine groups is 1. The molecule has 0 radical (unpaired) electrons. The molecule has 0 heterocycles. The maximum absolute atomic E-state index is 12.8. The lowest BCUT2D eigenvalue weighted by Gasteiger charge is -2.15. The number of nitrogens with one attached hydrogen (secondary N) is 1. The van der Waals surface area contributed by atoms with Crippen molar-refractivity contribution in [1.29, 1.82) is 0 Å². The van der Waals surface area contributed by atoms with Crippen LogP contribution in [0.2, 0.25) is 0 Å². The number of hydrogen-bond donors (Lipinski definition) is 1. The van der Waals surface area contributed by atoms with Gasteiger partial charge in [-0.25, -0.2) is 8.42 Å². The third-order valence-electron chi connectivity index (χ3n) is 4.49. The maximum atomic E-state index is 12.8. The number of carbonyl (C=O) groups excluding carboxylic acids is 1. The first-order valence-electron chi connectivity index (χ1n) is 8.98. The van der Waals surface area contributed by atoms with Crippen molar-refractivity contribution >= 4 is 21.6 Å². The Bertz CT molecular complexity index is 1100. The van der Waals surface area contributed by atoms with Gasteiger partial charge in [-0.15, -0.1) is 0 Å². The summed E-state index contributed by atoms with van der Waals surface area (Å²) in [6, 6.07) is 23.4. The Morgan fingerprint density at radius 2 is 1.66 bits per heavy atom. The normalized spacial score (nSPS) is 11.4. The highest BCUT2D eigenvalue weighted by molar-refractivity contribution is 7.89. The number of rotatable bonds is 7. The second-order valence-corrected chi connectivity index (χ2v) is 8.33. The fourth-order valence-corrected chi connectivity index (χ4v) is 3.87. The van der Waals surface area contributed by atoms with Gasteiger partial charge in [-0.3, -0.25) is 9.63 Å². The first-order chi connectivity index (χ1) is 13.9. The van der Waals surface area contributed by atoms with Crippen LogP contribution in [0.3, 0.4) is 0 Å². The van der Waals surface area contributed by atoms with Crippen molar-refractivity contribution in [1.82, 2.24) is 4.47 Å². The number of anilines is 1. The molecule has 7 heteroatoms. The molecule has 0 fully saturated rings. The highest BCUT2D eigenvalue weighted by Crippen LogP contribution is 2.21. The summed E-state index contributed by atoms with van der Waals surface area (Å²) in [4.78, 5) is 17.5. The van der Waals surface area contributed by atoms with Crippen LogP contribution in [0.1, 0.15) is 21.5 Å². The lowest BCUT2D eigenvalue weighted by atomic mass is 10.0. The van der Waals surface area contributed by atoms with E-state index in [9.17, 15) is 13.2 Å². The van der Waals surface area contributed by atoms with Gasteiger partial charge in [0.1, 0.15) is 0 Å². The molecule has 1 N–H and O–H groups in total. The Labute approximate surface area is 170 Å². The van der Waals surface area contributed by atoms with Gasteiger partial charge in [0.05, 0.1) is 12.0 Å². The molecule has 150 valence electrons. The van der Waals surface area contributed by atoms with E-state index in [-0.39, 0.29) is 16.4 Å². The van der Waals surface area contributed by atoms with Crippen molar-refractivity contribution in [3.63, 3.8) is 0 Å². The molecular formula is C22H22N2O4S. The summed E-state index contributed by atoms with van der Waals surface area (Å²) in [5.41, 5.74) is 3.02. The summed E-state index contributed by atoms with van der Waals surface area (Å²) in [6.07, 6.45) is 0.671. The molecule has 1 amide bonds. The van der Waals surface area contributed by atoms with Crippen LogP contribution in [0.25, 0.3) is 0 Å². The molecule has 6 nitrogen and oxygen atoms in total. The topological polar surface area (TPSA) is 75.7 Å². The van der Waals surface area contributed by atoms with Crippen LogP contribution in [0.15, 0.2) is 83.8 Å². The van der Waals surface area contributed by atoms with Crippen molar-refractivity contribution in [2.75, 3.05) is 19.5 Å². The molecule has 3 rings (SSSR count). The molecule has 0 bridgehead atoms. The predicted molar refractivity (Wildman–Crippen MR) is 112 cm³/mol. The molecule has 0 saturated heterocycles. The van der Waals surface area contributed by atoms with Gasteiger partial charge in [0.15, 0.2) is 0 Å². The second-order valence-electron chi connectivity index (χ2n) is 6.40. The third kappa shape index (κ3) is 4.89. The highest BCUT2D eigenvalue weighted by Gasteiger charge is 2.22. The molecule has 0 aromatic heterocycles. The van der Waals surface area contributed by atoms with Gasteiger partial charge in [0.2, 0.25) is 0 Å². The standard InChI is InChI=1S/C22H22N2O4S/c1-24(28-2)29(26,27)20-13-8-12-19(16-20)22(25)23-21-14-7-6-11-18(21)15-17-9-4-3-5-10-17/h3-14,16H,15H2,1-2H3,(H,23,25). The average Bonchev–Trinajstić information content (AvgIpc) is 2.75. The van der Waals surface area contributed by atoms with E-state index >= 15 is 0 Å². The lowest BCUT2D eigenvalue weighted by molar-refractivity contribution is -0.0258. The number of sulfonamides is 1. The molecular weight excluding hydrogens is 388 g/mol. The Morgan fingerprint density at radius 3 is 2.38 bits per heavy atom. The van der Waals surface area contributed by atoms with Crippen LogP contribution in [0.4, 0.5) is 5.69 Å². The summed E-state index contributed by atoms with van der Waals surface area (Å²) in [5.74, 6) is -0.386. The molecule has 0 unspecified atom stereocenters. The van der Waals surface area contributed by atoms with E-state index in [1.54, 1.807) is 6.07 Å². The molecule has 0 spiro atoms.